The number of rotatable bonds is 11. The van der Waals surface area contributed by atoms with Gasteiger partial charge in [0, 0.05) is 18.5 Å². The van der Waals surface area contributed by atoms with Crippen LogP contribution in [0.15, 0.2) is 103 Å². The van der Waals surface area contributed by atoms with Gasteiger partial charge in [-0.25, -0.2) is 4.98 Å². The van der Waals surface area contributed by atoms with Crippen LogP contribution in [0.3, 0.4) is 0 Å². The predicted octanol–water partition coefficient (Wildman–Crippen LogP) is 6.03. The summed E-state index contributed by atoms with van der Waals surface area (Å²) in [5, 5.41) is 2.29. The Morgan fingerprint density at radius 3 is 1.77 bits per heavy atom. The zero-order valence-corrected chi connectivity index (χ0v) is 23.4. The zero-order chi connectivity index (χ0) is 27.8. The third kappa shape index (κ3) is 6.66. The maximum Gasteiger partial charge on any atom is 0.305 e. The second kappa shape index (κ2) is 13.3. The molecule has 208 valence electrons. The number of hydrogen-bond donors (Lipinski definition) is 0. The molecular weight excluding hydrogens is 526 g/mol. The number of carbonyl (C=O) groups is 1. The summed E-state index contributed by atoms with van der Waals surface area (Å²) in [5.74, 6) is -2.14. The van der Waals surface area contributed by atoms with Gasteiger partial charge in [-0.3, -0.25) is 4.79 Å². The molecule has 4 aromatic rings. The van der Waals surface area contributed by atoms with Crippen LogP contribution in [-0.2, 0) is 54.1 Å². The van der Waals surface area contributed by atoms with Crippen LogP contribution in [0.1, 0.15) is 35.5 Å². The van der Waals surface area contributed by atoms with Crippen molar-refractivity contribution in [3.63, 3.8) is 0 Å². The molecule has 8 heteroatoms. The van der Waals surface area contributed by atoms with Gasteiger partial charge in [-0.15, -0.1) is 11.3 Å². The Morgan fingerprint density at radius 2 is 1.30 bits per heavy atom. The van der Waals surface area contributed by atoms with Crippen LogP contribution in [0.4, 0.5) is 0 Å². The highest BCUT2D eigenvalue weighted by Crippen LogP contribution is 2.44. The van der Waals surface area contributed by atoms with Crippen molar-refractivity contribution in [3.8, 4) is 0 Å². The molecule has 0 spiro atoms. The van der Waals surface area contributed by atoms with Gasteiger partial charge < -0.3 is 23.7 Å². The topological polar surface area (TPSA) is 76.1 Å². The molecule has 7 nitrogen and oxygen atoms in total. The molecule has 0 saturated carbocycles. The van der Waals surface area contributed by atoms with Crippen molar-refractivity contribution in [2.24, 2.45) is 0 Å². The van der Waals surface area contributed by atoms with E-state index in [0.29, 0.717) is 18.2 Å². The fourth-order valence-corrected chi connectivity index (χ4v) is 5.63. The summed E-state index contributed by atoms with van der Waals surface area (Å²) in [6.45, 7) is 4.16. The summed E-state index contributed by atoms with van der Waals surface area (Å²) in [6.07, 6.45) is -0.952. The van der Waals surface area contributed by atoms with Crippen LogP contribution < -0.4 is 0 Å². The fourth-order valence-electron chi connectivity index (χ4n) is 4.88. The lowest BCUT2D eigenvalue weighted by atomic mass is 9.91. The van der Waals surface area contributed by atoms with E-state index in [1.54, 1.807) is 6.20 Å². The molecule has 40 heavy (non-hydrogen) atoms. The van der Waals surface area contributed by atoms with E-state index in [2.05, 4.69) is 4.98 Å². The van der Waals surface area contributed by atoms with Gasteiger partial charge >= 0.3 is 5.97 Å². The van der Waals surface area contributed by atoms with Gasteiger partial charge in [-0.2, -0.15) is 0 Å². The molecule has 1 fully saturated rings. The minimum atomic E-state index is -1.62. The zero-order valence-electron chi connectivity index (χ0n) is 22.6. The van der Waals surface area contributed by atoms with Gasteiger partial charge in [0.15, 0.2) is 11.1 Å². The quantitative estimate of drug-likeness (QED) is 0.208. The maximum atomic E-state index is 12.6. The van der Waals surface area contributed by atoms with Crippen LogP contribution in [0.5, 0.6) is 0 Å². The van der Waals surface area contributed by atoms with Crippen molar-refractivity contribution in [3.05, 3.63) is 124 Å². The Bertz CT molecular complexity index is 1320. The Labute approximate surface area is 238 Å². The minimum Gasteiger partial charge on any atom is -0.423 e. The molecule has 1 aliphatic heterocycles. The molecule has 0 unspecified atom stereocenters. The summed E-state index contributed by atoms with van der Waals surface area (Å²) in [5.41, 5.74) is 2.98. The molecule has 1 saturated heterocycles. The first-order chi connectivity index (χ1) is 19.5. The molecule has 3 aromatic carbocycles. The molecule has 0 amide bonds. The van der Waals surface area contributed by atoms with E-state index in [9.17, 15) is 4.79 Å². The van der Waals surface area contributed by atoms with Crippen molar-refractivity contribution in [2.75, 3.05) is 0 Å². The second-order valence-electron chi connectivity index (χ2n) is 9.66. The highest BCUT2D eigenvalue weighted by molar-refractivity contribution is 7.09. The number of nitrogens with zero attached hydrogens (tertiary/aromatic N) is 1. The summed E-state index contributed by atoms with van der Waals surface area (Å²) in [4.78, 5) is 17.1. The molecule has 5 rings (SSSR count). The van der Waals surface area contributed by atoms with Gasteiger partial charge in [-0.05, 0) is 23.6 Å². The van der Waals surface area contributed by atoms with E-state index < -0.39 is 36.2 Å². The largest absolute Gasteiger partial charge is 0.423 e. The van der Waals surface area contributed by atoms with Crippen LogP contribution in [0.2, 0.25) is 0 Å². The van der Waals surface area contributed by atoms with Gasteiger partial charge in [0.05, 0.1) is 25.9 Å². The number of benzene rings is 3. The lowest BCUT2D eigenvalue weighted by Crippen LogP contribution is -2.65. The molecule has 5 atom stereocenters. The number of hydrogen-bond acceptors (Lipinski definition) is 8. The monoisotopic (exact) mass is 559 g/mol. The number of aromatic nitrogens is 1. The van der Waals surface area contributed by atoms with Crippen LogP contribution in [0.25, 0.3) is 0 Å². The van der Waals surface area contributed by atoms with E-state index in [0.717, 1.165) is 16.7 Å². The molecule has 1 aromatic heterocycles. The third-order valence-electron chi connectivity index (χ3n) is 6.69. The summed E-state index contributed by atoms with van der Waals surface area (Å²) >= 11 is 1.34. The predicted molar refractivity (Wildman–Crippen MR) is 151 cm³/mol. The fraction of sp³-hybridized carbons (Fsp3) is 0.312. The Morgan fingerprint density at radius 1 is 0.800 bits per heavy atom. The van der Waals surface area contributed by atoms with Gasteiger partial charge in [0.1, 0.15) is 12.2 Å². The Kier molecular flexibility index (Phi) is 9.36. The highest BCUT2D eigenvalue weighted by atomic mass is 32.1. The van der Waals surface area contributed by atoms with Crippen molar-refractivity contribution in [1.82, 2.24) is 4.98 Å². The lowest BCUT2D eigenvalue weighted by molar-refractivity contribution is -0.372. The highest BCUT2D eigenvalue weighted by Gasteiger charge is 2.60. The van der Waals surface area contributed by atoms with Gasteiger partial charge in [-0.1, -0.05) is 91.0 Å². The first-order valence-corrected chi connectivity index (χ1v) is 14.2. The van der Waals surface area contributed by atoms with Crippen LogP contribution in [0, 0.1) is 0 Å². The number of carbonyl (C=O) groups excluding carboxylic acids is 1. The molecule has 0 N–H and O–H groups in total. The average molecular weight is 560 g/mol. The van der Waals surface area contributed by atoms with E-state index in [1.807, 2.05) is 103 Å². The molecule has 0 radical (unpaired) electrons. The normalized spacial score (nSPS) is 24.4. The summed E-state index contributed by atoms with van der Waals surface area (Å²) in [7, 11) is 0. The summed E-state index contributed by atoms with van der Waals surface area (Å²) < 4.78 is 32.3. The average Bonchev–Trinajstić information content (AvgIpc) is 3.52. The number of esters is 1. The van der Waals surface area contributed by atoms with Crippen LogP contribution >= 0.6 is 11.3 Å². The lowest BCUT2D eigenvalue weighted by Gasteiger charge is -2.50. The molecule has 1 aliphatic rings. The Balaban J connectivity index is 1.53. The molecular formula is C32H33NO6S. The second-order valence-corrected chi connectivity index (χ2v) is 10.6. The van der Waals surface area contributed by atoms with E-state index in [1.165, 1.54) is 18.3 Å². The third-order valence-corrected chi connectivity index (χ3v) is 7.56. The molecule has 0 bridgehead atoms. The van der Waals surface area contributed by atoms with Crippen molar-refractivity contribution in [1.29, 1.82) is 0 Å². The van der Waals surface area contributed by atoms with E-state index >= 15 is 0 Å². The van der Waals surface area contributed by atoms with Crippen molar-refractivity contribution >= 4 is 17.3 Å². The molecule has 2 heterocycles. The standard InChI is InChI=1S/C32H33NO6S/c1-23-28(35-20-25-12-6-3-7-13-25)29(36-21-26-14-8-4-9-15-26)30(37-22-27-16-10-5-11-17-27)32(38-23,39-24(2)34)31-33-18-19-40-31/h3-19,23,28-30H,20-22H2,1-2H3/t23-,28+,29+,30-,32+/m0/s1. The van der Waals surface area contributed by atoms with Gasteiger partial charge in [0.25, 0.3) is 5.79 Å². The minimum absolute atomic E-state index is 0.244. The van der Waals surface area contributed by atoms with Gasteiger partial charge in [0.2, 0.25) is 0 Å². The summed E-state index contributed by atoms with van der Waals surface area (Å²) in [6, 6.07) is 29.7. The number of ether oxygens (including phenoxy) is 5. The van der Waals surface area contributed by atoms with Crippen molar-refractivity contribution < 1.29 is 28.5 Å². The number of thiazole rings is 1. The SMILES string of the molecule is CC(=O)O[C@]1(c2nccs2)O[C@@H](C)[C@@H](OCc2ccccc2)[C@@H](OCc2ccccc2)[C@@H]1OCc1ccccc1. The van der Waals surface area contributed by atoms with Crippen molar-refractivity contribution in [2.45, 2.75) is 63.9 Å². The first-order valence-electron chi connectivity index (χ1n) is 13.3. The smallest absolute Gasteiger partial charge is 0.305 e. The molecule has 0 aliphatic carbocycles. The van der Waals surface area contributed by atoms with Crippen LogP contribution in [-0.4, -0.2) is 35.4 Å². The first kappa shape index (κ1) is 28.1. The Hall–Kier alpha value is -3.40. The maximum absolute atomic E-state index is 12.6. The van der Waals surface area contributed by atoms with E-state index in [4.69, 9.17) is 23.7 Å². The van der Waals surface area contributed by atoms with E-state index in [-0.39, 0.29) is 6.61 Å².